The number of anilines is 1. The number of benzene rings is 1. The van der Waals surface area contributed by atoms with Gasteiger partial charge in [0.1, 0.15) is 11.3 Å². The van der Waals surface area contributed by atoms with Crippen LogP contribution < -0.4 is 5.32 Å². The lowest BCUT2D eigenvalue weighted by molar-refractivity contribution is -0.115. The minimum Gasteiger partial charge on any atom is -0.507 e. The van der Waals surface area contributed by atoms with E-state index < -0.39 is 5.97 Å². The van der Waals surface area contributed by atoms with Gasteiger partial charge >= 0.3 is 5.97 Å². The topological polar surface area (TPSA) is 86.6 Å². The smallest absolute Gasteiger partial charge is 0.339 e. The van der Waals surface area contributed by atoms with Crippen LogP contribution in [0.15, 0.2) is 18.2 Å². The molecule has 1 aliphatic rings. The number of amides is 1. The van der Waals surface area contributed by atoms with Gasteiger partial charge < -0.3 is 15.5 Å². The zero-order valence-corrected chi connectivity index (χ0v) is 11.1. The summed E-state index contributed by atoms with van der Waals surface area (Å²) in [6.07, 6.45) is 3.03. The Morgan fingerprint density at radius 1 is 1.32 bits per heavy atom. The molecule has 1 heterocycles. The van der Waals surface area contributed by atoms with E-state index in [9.17, 15) is 14.7 Å². The predicted octanol–water partition coefficient (Wildman–Crippen LogP) is 2.31. The van der Waals surface area contributed by atoms with Gasteiger partial charge in [0, 0.05) is 5.69 Å². The van der Waals surface area contributed by atoms with E-state index in [0.717, 1.165) is 25.0 Å². The van der Waals surface area contributed by atoms with Crippen LogP contribution in [0.4, 0.5) is 5.69 Å². The molecule has 2 rings (SSSR count). The quantitative estimate of drug-likeness (QED) is 0.740. The molecule has 6 heteroatoms. The van der Waals surface area contributed by atoms with Crippen molar-refractivity contribution >= 4 is 29.3 Å². The van der Waals surface area contributed by atoms with Gasteiger partial charge in [0.15, 0.2) is 0 Å². The van der Waals surface area contributed by atoms with Crippen LogP contribution in [0.2, 0.25) is 0 Å². The highest BCUT2D eigenvalue weighted by atomic mass is 32.2. The Kier molecular flexibility index (Phi) is 4.31. The fourth-order valence-corrected chi connectivity index (χ4v) is 3.15. The molecule has 1 atom stereocenters. The molecule has 1 fully saturated rings. The molecule has 5 nitrogen and oxygen atoms in total. The maximum absolute atomic E-state index is 12.0. The van der Waals surface area contributed by atoms with E-state index in [0.29, 0.717) is 5.69 Å². The maximum Gasteiger partial charge on any atom is 0.339 e. The molecule has 1 unspecified atom stereocenters. The maximum atomic E-state index is 12.0. The molecule has 19 heavy (non-hydrogen) atoms. The molecule has 1 aliphatic heterocycles. The Balaban J connectivity index is 2.08. The monoisotopic (exact) mass is 281 g/mol. The lowest BCUT2D eigenvalue weighted by atomic mass is 10.1. The fraction of sp³-hybridized carbons (Fsp3) is 0.385. The third-order valence-electron chi connectivity index (χ3n) is 2.97. The van der Waals surface area contributed by atoms with E-state index >= 15 is 0 Å². The average Bonchev–Trinajstić information content (AvgIpc) is 2.41. The summed E-state index contributed by atoms with van der Waals surface area (Å²) in [4.78, 5) is 22.9. The molecule has 1 amide bonds. The Morgan fingerprint density at radius 2 is 2.11 bits per heavy atom. The molecule has 3 N–H and O–H groups in total. The summed E-state index contributed by atoms with van der Waals surface area (Å²) < 4.78 is 0. The van der Waals surface area contributed by atoms with Gasteiger partial charge in [0.05, 0.1) is 5.25 Å². The standard InChI is InChI=1S/C13H15NO4S/c15-10-5-4-8(7-9(10)13(17)18)14-12(16)11-3-1-2-6-19-11/h4-5,7,11,15H,1-3,6H2,(H,14,16)(H,17,18). The first-order chi connectivity index (χ1) is 9.08. The first kappa shape index (κ1) is 13.7. The molecule has 0 bridgehead atoms. The van der Waals surface area contributed by atoms with E-state index in [-0.39, 0.29) is 22.5 Å². The number of nitrogens with one attached hydrogen (secondary N) is 1. The van der Waals surface area contributed by atoms with E-state index in [1.165, 1.54) is 18.2 Å². The van der Waals surface area contributed by atoms with E-state index in [1.54, 1.807) is 11.8 Å². The Labute approximate surface area is 115 Å². The zero-order chi connectivity index (χ0) is 13.8. The van der Waals surface area contributed by atoms with E-state index in [4.69, 9.17) is 5.11 Å². The molecule has 102 valence electrons. The number of phenols is 1. The van der Waals surface area contributed by atoms with Crippen molar-refractivity contribution in [2.45, 2.75) is 24.5 Å². The highest BCUT2D eigenvalue weighted by Gasteiger charge is 2.22. The normalized spacial score (nSPS) is 18.8. The van der Waals surface area contributed by atoms with Crippen LogP contribution in [0.5, 0.6) is 5.75 Å². The number of carbonyl (C=O) groups is 2. The molecule has 1 saturated heterocycles. The summed E-state index contributed by atoms with van der Waals surface area (Å²) in [6, 6.07) is 4.03. The van der Waals surface area contributed by atoms with Crippen LogP contribution >= 0.6 is 11.8 Å². The third kappa shape index (κ3) is 3.41. The number of hydrogen-bond acceptors (Lipinski definition) is 4. The lowest BCUT2D eigenvalue weighted by Crippen LogP contribution is -2.27. The number of carbonyl (C=O) groups excluding carboxylic acids is 1. The SMILES string of the molecule is O=C(O)c1cc(NC(=O)C2CCCCS2)ccc1O. The van der Waals surface area contributed by atoms with Crippen LogP contribution in [0.25, 0.3) is 0 Å². The van der Waals surface area contributed by atoms with Crippen molar-refractivity contribution in [2.75, 3.05) is 11.1 Å². The van der Waals surface area contributed by atoms with Gasteiger partial charge in [-0.25, -0.2) is 4.79 Å². The van der Waals surface area contributed by atoms with Crippen LogP contribution in [-0.4, -0.2) is 33.1 Å². The molecular weight excluding hydrogens is 266 g/mol. The number of thioether (sulfide) groups is 1. The Morgan fingerprint density at radius 3 is 2.74 bits per heavy atom. The molecule has 0 radical (unpaired) electrons. The van der Waals surface area contributed by atoms with Crippen molar-refractivity contribution in [2.24, 2.45) is 0 Å². The molecule has 1 aromatic rings. The highest BCUT2D eigenvalue weighted by molar-refractivity contribution is 8.00. The van der Waals surface area contributed by atoms with Crippen LogP contribution in [0.3, 0.4) is 0 Å². The Bertz CT molecular complexity index is 497. The molecule has 1 aromatic carbocycles. The Hall–Kier alpha value is -1.69. The minimum atomic E-state index is -1.22. The van der Waals surface area contributed by atoms with Crippen molar-refractivity contribution in [3.63, 3.8) is 0 Å². The number of carboxylic acids is 1. The van der Waals surface area contributed by atoms with Crippen molar-refractivity contribution in [1.29, 1.82) is 0 Å². The van der Waals surface area contributed by atoms with Crippen molar-refractivity contribution in [1.82, 2.24) is 0 Å². The first-order valence-electron chi connectivity index (χ1n) is 6.06. The van der Waals surface area contributed by atoms with E-state index in [2.05, 4.69) is 5.32 Å². The summed E-state index contributed by atoms with van der Waals surface area (Å²) >= 11 is 1.63. The summed E-state index contributed by atoms with van der Waals surface area (Å²) in [5, 5.41) is 20.9. The largest absolute Gasteiger partial charge is 0.507 e. The molecular formula is C13H15NO4S. The van der Waals surface area contributed by atoms with Crippen molar-refractivity contribution < 1.29 is 19.8 Å². The first-order valence-corrected chi connectivity index (χ1v) is 7.11. The number of aromatic carboxylic acids is 1. The zero-order valence-electron chi connectivity index (χ0n) is 10.3. The number of hydrogen-bond donors (Lipinski definition) is 3. The van der Waals surface area contributed by atoms with Crippen molar-refractivity contribution in [3.05, 3.63) is 23.8 Å². The molecule has 0 saturated carbocycles. The van der Waals surface area contributed by atoms with Gasteiger partial charge in [-0.1, -0.05) is 6.42 Å². The molecule has 0 aliphatic carbocycles. The molecule has 0 spiro atoms. The van der Waals surface area contributed by atoms with Gasteiger partial charge in [-0.3, -0.25) is 4.79 Å². The predicted molar refractivity (Wildman–Crippen MR) is 73.8 cm³/mol. The number of rotatable bonds is 3. The van der Waals surface area contributed by atoms with Gasteiger partial charge in [-0.15, -0.1) is 11.8 Å². The van der Waals surface area contributed by atoms with Crippen LogP contribution in [0, 0.1) is 0 Å². The summed E-state index contributed by atoms with van der Waals surface area (Å²) in [7, 11) is 0. The lowest BCUT2D eigenvalue weighted by Gasteiger charge is -2.20. The summed E-state index contributed by atoms with van der Waals surface area (Å²) in [6.45, 7) is 0. The summed E-state index contributed by atoms with van der Waals surface area (Å²) in [5.41, 5.74) is 0.181. The van der Waals surface area contributed by atoms with Gasteiger partial charge in [0.2, 0.25) is 5.91 Å². The second kappa shape index (κ2) is 5.97. The van der Waals surface area contributed by atoms with Gasteiger partial charge in [-0.2, -0.15) is 0 Å². The third-order valence-corrected chi connectivity index (χ3v) is 4.34. The number of carboxylic acid groups (broad SMARTS) is 1. The molecule has 0 aromatic heterocycles. The second-order valence-corrected chi connectivity index (χ2v) is 5.69. The van der Waals surface area contributed by atoms with E-state index in [1.807, 2.05) is 0 Å². The number of aromatic hydroxyl groups is 1. The van der Waals surface area contributed by atoms with Gasteiger partial charge in [-0.05, 0) is 36.8 Å². The minimum absolute atomic E-state index is 0.0733. The van der Waals surface area contributed by atoms with Crippen molar-refractivity contribution in [3.8, 4) is 5.75 Å². The fourth-order valence-electron chi connectivity index (χ4n) is 1.96. The van der Waals surface area contributed by atoms with Crippen LogP contribution in [-0.2, 0) is 4.79 Å². The average molecular weight is 281 g/mol. The van der Waals surface area contributed by atoms with Crippen LogP contribution in [0.1, 0.15) is 29.6 Å². The second-order valence-electron chi connectivity index (χ2n) is 4.38. The summed E-state index contributed by atoms with van der Waals surface area (Å²) in [5.74, 6) is -0.654. The highest BCUT2D eigenvalue weighted by Crippen LogP contribution is 2.27. The van der Waals surface area contributed by atoms with Gasteiger partial charge in [0.25, 0.3) is 0 Å².